The van der Waals surface area contributed by atoms with Gasteiger partial charge in [-0.2, -0.15) is 12.7 Å². The maximum Gasteiger partial charge on any atom is 0.409 e. The van der Waals surface area contributed by atoms with E-state index < -0.39 is 16.3 Å². The van der Waals surface area contributed by atoms with Crippen molar-refractivity contribution in [3.63, 3.8) is 0 Å². The molecule has 1 aromatic carbocycles. The minimum atomic E-state index is -3.64. The molecule has 0 spiro atoms. The highest BCUT2D eigenvalue weighted by atomic mass is 32.2. The van der Waals surface area contributed by atoms with Crippen molar-refractivity contribution in [2.75, 3.05) is 46.4 Å². The molecule has 10 nitrogen and oxygen atoms in total. The molecule has 1 fully saturated rings. The molecule has 11 heteroatoms. The quantitative estimate of drug-likeness (QED) is 0.664. The lowest BCUT2D eigenvalue weighted by Gasteiger charge is -2.33. The van der Waals surface area contributed by atoms with Gasteiger partial charge in [-0.05, 0) is 31.2 Å². The molecule has 0 radical (unpaired) electrons. The van der Waals surface area contributed by atoms with Crippen molar-refractivity contribution in [3.05, 3.63) is 36.2 Å². The molecule has 1 aromatic heterocycles. The van der Waals surface area contributed by atoms with Crippen molar-refractivity contribution in [1.82, 2.24) is 18.9 Å². The molecule has 164 valence electrons. The maximum absolute atomic E-state index is 12.5. The molecular weight excluding hydrogens is 412 g/mol. The second-order valence-corrected chi connectivity index (χ2v) is 8.36. The number of hydrogen-bond acceptors (Lipinski definition) is 7. The van der Waals surface area contributed by atoms with Crippen molar-refractivity contribution in [3.8, 4) is 17.2 Å². The topological polar surface area (TPSA) is 114 Å². The number of carbonyl (C=O) groups excluding carboxylic acids is 1. The third kappa shape index (κ3) is 5.49. The van der Waals surface area contributed by atoms with Gasteiger partial charge in [0.15, 0.2) is 0 Å². The molecular formula is C19H26N4O6S. The van der Waals surface area contributed by atoms with Crippen LogP contribution in [0.1, 0.15) is 12.6 Å². The van der Waals surface area contributed by atoms with Crippen molar-refractivity contribution in [1.29, 1.82) is 0 Å². The third-order valence-electron chi connectivity index (χ3n) is 4.66. The van der Waals surface area contributed by atoms with Gasteiger partial charge in [0.05, 0.1) is 19.4 Å². The Morgan fingerprint density at radius 3 is 2.53 bits per heavy atom. The van der Waals surface area contributed by atoms with E-state index in [0.717, 1.165) is 11.3 Å². The van der Waals surface area contributed by atoms with Crippen LogP contribution >= 0.6 is 0 Å². The standard InChI is InChI=1S/C19H26N4O6S/c1-3-28-19(24)22-10-12-23(13-11-22)30(25,26)20-9-8-16-14-29-18(21-16)15-4-6-17(27-2)7-5-15/h4-7,14,20H,3,8-13H2,1-2H3. The number of ether oxygens (including phenoxy) is 2. The van der Waals surface area contributed by atoms with Crippen molar-refractivity contribution in [2.24, 2.45) is 0 Å². The predicted octanol–water partition coefficient (Wildman–Crippen LogP) is 1.50. The predicted molar refractivity (Wildman–Crippen MR) is 109 cm³/mol. The van der Waals surface area contributed by atoms with E-state index in [-0.39, 0.29) is 19.6 Å². The summed E-state index contributed by atoms with van der Waals surface area (Å²) in [5.74, 6) is 1.20. The Morgan fingerprint density at radius 1 is 1.20 bits per heavy atom. The average molecular weight is 439 g/mol. The first-order chi connectivity index (χ1) is 14.4. The molecule has 1 N–H and O–H groups in total. The van der Waals surface area contributed by atoms with Crippen LogP contribution in [0.25, 0.3) is 11.5 Å². The molecule has 3 rings (SSSR count). The molecule has 0 atom stereocenters. The summed E-state index contributed by atoms with van der Waals surface area (Å²) in [5, 5.41) is 0. The largest absolute Gasteiger partial charge is 0.497 e. The summed E-state index contributed by atoms with van der Waals surface area (Å²) in [6, 6.07) is 7.31. The van der Waals surface area contributed by atoms with Crippen LogP contribution in [0.3, 0.4) is 0 Å². The lowest BCUT2D eigenvalue weighted by atomic mass is 10.2. The van der Waals surface area contributed by atoms with Gasteiger partial charge in [0.2, 0.25) is 5.89 Å². The van der Waals surface area contributed by atoms with Crippen molar-refractivity contribution < 1.29 is 27.1 Å². The molecule has 2 heterocycles. The van der Waals surface area contributed by atoms with Crippen LogP contribution in [0, 0.1) is 0 Å². The second kappa shape index (κ2) is 9.92. The summed E-state index contributed by atoms with van der Waals surface area (Å²) < 4.78 is 44.4. The Bertz CT molecular complexity index is 936. The zero-order valence-electron chi connectivity index (χ0n) is 17.0. The Hall–Kier alpha value is -2.63. The summed E-state index contributed by atoms with van der Waals surface area (Å²) in [4.78, 5) is 17.6. The van der Waals surface area contributed by atoms with Crippen LogP contribution in [-0.4, -0.2) is 75.1 Å². The highest BCUT2D eigenvalue weighted by molar-refractivity contribution is 7.87. The average Bonchev–Trinajstić information content (AvgIpc) is 3.23. The maximum atomic E-state index is 12.5. The summed E-state index contributed by atoms with van der Waals surface area (Å²) in [6.45, 7) is 3.26. The van der Waals surface area contributed by atoms with Gasteiger partial charge in [-0.15, -0.1) is 0 Å². The fourth-order valence-electron chi connectivity index (χ4n) is 3.01. The highest BCUT2D eigenvalue weighted by Crippen LogP contribution is 2.21. The number of hydrogen-bond donors (Lipinski definition) is 1. The Kier molecular flexibility index (Phi) is 7.29. The summed E-state index contributed by atoms with van der Waals surface area (Å²) in [7, 11) is -2.04. The molecule has 0 unspecified atom stereocenters. The van der Waals surface area contributed by atoms with Crippen molar-refractivity contribution in [2.45, 2.75) is 13.3 Å². The zero-order chi connectivity index (χ0) is 21.6. The van der Waals surface area contributed by atoms with Gasteiger partial charge in [0, 0.05) is 44.7 Å². The van der Waals surface area contributed by atoms with Gasteiger partial charge in [0.25, 0.3) is 10.2 Å². The van der Waals surface area contributed by atoms with E-state index in [1.807, 2.05) is 24.3 Å². The van der Waals surface area contributed by atoms with E-state index in [1.165, 1.54) is 15.5 Å². The van der Waals surface area contributed by atoms with Crippen LogP contribution in [0.2, 0.25) is 0 Å². The first-order valence-corrected chi connectivity index (χ1v) is 11.1. The molecule has 1 amide bonds. The van der Waals surface area contributed by atoms with Gasteiger partial charge < -0.3 is 18.8 Å². The van der Waals surface area contributed by atoms with E-state index >= 15 is 0 Å². The Morgan fingerprint density at radius 2 is 1.90 bits per heavy atom. The van der Waals surface area contributed by atoms with Crippen LogP contribution < -0.4 is 9.46 Å². The molecule has 0 saturated carbocycles. The fourth-order valence-corrected chi connectivity index (χ4v) is 4.20. The van der Waals surface area contributed by atoms with E-state index in [2.05, 4.69) is 9.71 Å². The summed E-state index contributed by atoms with van der Waals surface area (Å²) >= 11 is 0. The minimum absolute atomic E-state index is 0.189. The molecule has 30 heavy (non-hydrogen) atoms. The second-order valence-electron chi connectivity index (χ2n) is 6.61. The van der Waals surface area contributed by atoms with Gasteiger partial charge in [-0.1, -0.05) is 0 Å². The number of methoxy groups -OCH3 is 1. The van der Waals surface area contributed by atoms with Crippen LogP contribution in [-0.2, 0) is 21.4 Å². The number of nitrogens with zero attached hydrogens (tertiary/aromatic N) is 3. The first-order valence-electron chi connectivity index (χ1n) is 9.68. The third-order valence-corrected chi connectivity index (χ3v) is 6.27. The van der Waals surface area contributed by atoms with Crippen LogP contribution in [0.5, 0.6) is 5.75 Å². The molecule has 1 saturated heterocycles. The number of aromatic nitrogens is 1. The highest BCUT2D eigenvalue weighted by Gasteiger charge is 2.29. The van der Waals surface area contributed by atoms with Crippen molar-refractivity contribution >= 4 is 16.3 Å². The lowest BCUT2D eigenvalue weighted by Crippen LogP contribution is -2.53. The lowest BCUT2D eigenvalue weighted by molar-refractivity contribution is 0.0932. The van der Waals surface area contributed by atoms with Gasteiger partial charge >= 0.3 is 6.09 Å². The summed E-state index contributed by atoms with van der Waals surface area (Å²) in [6.07, 6.45) is 1.49. The van der Waals surface area contributed by atoms with Gasteiger partial charge in [-0.25, -0.2) is 14.5 Å². The first kappa shape index (κ1) is 22.1. The van der Waals surface area contributed by atoms with Gasteiger partial charge in [0.1, 0.15) is 12.0 Å². The normalized spacial score (nSPS) is 15.2. The SMILES string of the molecule is CCOC(=O)N1CCN(S(=O)(=O)NCCc2coc(-c3ccc(OC)cc3)n2)CC1. The number of nitrogens with one attached hydrogen (secondary N) is 1. The van der Waals surface area contributed by atoms with Crippen LogP contribution in [0.15, 0.2) is 34.9 Å². The summed E-state index contributed by atoms with van der Waals surface area (Å²) in [5.41, 5.74) is 1.46. The number of carbonyl (C=O) groups is 1. The van der Waals surface area contributed by atoms with E-state index in [9.17, 15) is 13.2 Å². The minimum Gasteiger partial charge on any atom is -0.497 e. The Balaban J connectivity index is 1.48. The number of piperazine rings is 1. The smallest absolute Gasteiger partial charge is 0.409 e. The molecule has 0 bridgehead atoms. The number of amides is 1. The Labute approximate surface area is 176 Å². The molecule has 2 aromatic rings. The van der Waals surface area contributed by atoms with E-state index in [4.69, 9.17) is 13.9 Å². The fraction of sp³-hybridized carbons (Fsp3) is 0.474. The van der Waals surface area contributed by atoms with E-state index in [1.54, 1.807) is 14.0 Å². The molecule has 1 aliphatic heterocycles. The number of rotatable bonds is 8. The molecule has 1 aliphatic rings. The zero-order valence-corrected chi connectivity index (χ0v) is 17.9. The van der Waals surface area contributed by atoms with E-state index in [0.29, 0.717) is 37.7 Å². The number of benzene rings is 1. The monoisotopic (exact) mass is 438 g/mol. The number of oxazole rings is 1. The van der Waals surface area contributed by atoms with Gasteiger partial charge in [-0.3, -0.25) is 0 Å². The molecule has 0 aliphatic carbocycles. The van der Waals surface area contributed by atoms with Crippen LogP contribution in [0.4, 0.5) is 4.79 Å².